The second-order valence-corrected chi connectivity index (χ2v) is 8.47. The van der Waals surface area contributed by atoms with Gasteiger partial charge in [-0.05, 0) is 37.1 Å². The van der Waals surface area contributed by atoms with Gasteiger partial charge in [-0.2, -0.15) is 8.42 Å². The van der Waals surface area contributed by atoms with Crippen LogP contribution in [-0.2, 0) is 16.5 Å². The van der Waals surface area contributed by atoms with Gasteiger partial charge in [-0.1, -0.05) is 69.6 Å². The van der Waals surface area contributed by atoms with Crippen molar-refractivity contribution in [2.24, 2.45) is 0 Å². The Bertz CT molecular complexity index is 852. The fourth-order valence-corrected chi connectivity index (χ4v) is 3.61. The van der Waals surface area contributed by atoms with Crippen LogP contribution in [0.2, 0.25) is 0 Å². The number of unbranched alkanes of at least 4 members (excludes halogenated alkanes) is 7. The summed E-state index contributed by atoms with van der Waals surface area (Å²) < 4.78 is 37.3. The molecule has 5 nitrogen and oxygen atoms in total. The molecule has 0 aliphatic carbocycles. The van der Waals surface area contributed by atoms with Crippen LogP contribution in [0.5, 0.6) is 17.2 Å². The summed E-state index contributed by atoms with van der Waals surface area (Å²) in [5.74, 6) is 0.746. The van der Waals surface area contributed by atoms with Crippen molar-refractivity contribution in [1.82, 2.24) is 0 Å². The molecule has 2 rings (SSSR count). The zero-order chi connectivity index (χ0) is 20.4. The largest absolute Gasteiger partial charge is 1.00 e. The van der Waals surface area contributed by atoms with E-state index in [-0.39, 0.29) is 67.8 Å². The summed E-state index contributed by atoms with van der Waals surface area (Å²) in [5, 5.41) is 12.1. The molecule has 29 heavy (non-hydrogen) atoms. The molecule has 2 aromatic carbocycles. The van der Waals surface area contributed by atoms with Gasteiger partial charge >= 0.3 is 51.4 Å². The Labute approximate surface area is 217 Å². The van der Waals surface area contributed by atoms with Crippen LogP contribution in [0.25, 0.3) is 0 Å². The van der Waals surface area contributed by atoms with Gasteiger partial charge < -0.3 is 9.84 Å². The first-order chi connectivity index (χ1) is 13.4. The summed E-state index contributed by atoms with van der Waals surface area (Å²) in [6, 6.07) is 10.4. The van der Waals surface area contributed by atoms with E-state index in [0.29, 0.717) is 17.7 Å². The Balaban J connectivity index is 0.00000420. The Morgan fingerprint density at radius 1 is 0.897 bits per heavy atom. The Hall–Kier alpha value is -0.414. The van der Waals surface area contributed by atoms with Crippen LogP contribution >= 0.6 is 0 Å². The summed E-state index contributed by atoms with van der Waals surface area (Å²) in [4.78, 5) is -0.232. The van der Waals surface area contributed by atoms with Crippen molar-refractivity contribution in [1.29, 1.82) is 0 Å². The van der Waals surface area contributed by atoms with E-state index in [4.69, 9.17) is 9.29 Å². The molecule has 0 unspecified atom stereocenters. The molecule has 0 saturated heterocycles. The first-order valence-electron chi connectivity index (χ1n) is 9.95. The molecule has 1 N–H and O–H groups in total. The predicted molar refractivity (Wildman–Crippen MR) is 109 cm³/mol. The third-order valence-corrected chi connectivity index (χ3v) is 5.52. The van der Waals surface area contributed by atoms with E-state index in [1.54, 1.807) is 18.2 Å². The summed E-state index contributed by atoms with van der Waals surface area (Å²) in [5.41, 5.74) is 0.703. The van der Waals surface area contributed by atoms with E-state index in [0.717, 1.165) is 12.8 Å². The molecule has 0 aromatic heterocycles. The van der Waals surface area contributed by atoms with E-state index >= 15 is 0 Å². The van der Waals surface area contributed by atoms with Crippen LogP contribution in [-0.4, -0.2) is 13.0 Å². The molecule has 0 fully saturated rings. The summed E-state index contributed by atoms with van der Waals surface area (Å²) in [6.45, 7) is 2.21. The molecule has 0 saturated carbocycles. The first kappa shape index (κ1) is 26.6. The van der Waals surface area contributed by atoms with Gasteiger partial charge in [0.25, 0.3) is 10.1 Å². The van der Waals surface area contributed by atoms with Crippen molar-refractivity contribution < 1.29 is 74.2 Å². The van der Waals surface area contributed by atoms with Crippen molar-refractivity contribution >= 4 is 10.1 Å². The minimum atomic E-state index is -4.29. The molecule has 2 aromatic rings. The molecule has 0 radical (unpaired) electrons. The molecule has 0 amide bonds. The van der Waals surface area contributed by atoms with E-state index in [2.05, 4.69) is 6.92 Å². The standard InChI is InChI=1S/C22H30O5S.K/c1-2-3-4-5-6-7-8-9-11-18-16-20(14-15-22(18)23)27-19-12-10-13-21(17-19)28(24,25)26;/h10,12-17,23H,2-9,11H2,1H3,(H,24,25,26);/q;+1/p-1. The van der Waals surface area contributed by atoms with Gasteiger partial charge in [-0.3, -0.25) is 4.55 Å². The average Bonchev–Trinajstić information content (AvgIpc) is 2.66. The van der Waals surface area contributed by atoms with Crippen molar-refractivity contribution in [3.05, 3.63) is 48.0 Å². The first-order valence-corrected chi connectivity index (χ1v) is 11.4. The van der Waals surface area contributed by atoms with Crippen molar-refractivity contribution in [2.75, 3.05) is 0 Å². The molecule has 0 bridgehead atoms. The molecule has 0 spiro atoms. The van der Waals surface area contributed by atoms with Crippen LogP contribution in [0.1, 0.15) is 63.9 Å². The maximum absolute atomic E-state index is 12.1. The number of hydrogen-bond acceptors (Lipinski definition) is 4. The van der Waals surface area contributed by atoms with Gasteiger partial charge in [0, 0.05) is 6.07 Å². The molecule has 154 valence electrons. The molecule has 0 heterocycles. The quantitative estimate of drug-likeness (QED) is 0.309. The summed E-state index contributed by atoms with van der Waals surface area (Å²) in [7, 11) is -4.29. The molecule has 0 atom stereocenters. The van der Waals surface area contributed by atoms with E-state index in [1.807, 2.05) is 0 Å². The normalized spacial score (nSPS) is 11.1. The predicted octanol–water partition coefficient (Wildman–Crippen LogP) is 2.49. The van der Waals surface area contributed by atoms with Crippen molar-refractivity contribution in [3.63, 3.8) is 0 Å². The summed E-state index contributed by atoms with van der Waals surface area (Å²) in [6.07, 6.45) is 10.4. The monoisotopic (exact) mass is 444 g/mol. The minimum absolute atomic E-state index is 0. The van der Waals surface area contributed by atoms with E-state index in [1.165, 1.54) is 62.8 Å². The van der Waals surface area contributed by atoms with Crippen LogP contribution in [0, 0.1) is 0 Å². The number of benzene rings is 2. The number of hydrogen-bond donors (Lipinski definition) is 1. The second kappa shape index (κ2) is 13.8. The van der Waals surface area contributed by atoms with Crippen LogP contribution in [0.4, 0.5) is 0 Å². The third-order valence-electron chi connectivity index (χ3n) is 4.67. The van der Waals surface area contributed by atoms with E-state index < -0.39 is 10.1 Å². The molecular formula is C22H29KO5S. The van der Waals surface area contributed by atoms with Gasteiger partial charge in [0.2, 0.25) is 0 Å². The third kappa shape index (κ3) is 9.96. The molecule has 0 aliphatic heterocycles. The smallest absolute Gasteiger partial charge is 0.872 e. The number of ether oxygens (including phenoxy) is 1. The number of rotatable bonds is 12. The van der Waals surface area contributed by atoms with Crippen molar-refractivity contribution in [3.8, 4) is 17.2 Å². The minimum Gasteiger partial charge on any atom is -0.872 e. The van der Waals surface area contributed by atoms with Gasteiger partial charge in [0.05, 0.1) is 4.90 Å². The molecule has 0 aliphatic rings. The number of aryl methyl sites for hydroxylation is 1. The zero-order valence-corrected chi connectivity index (χ0v) is 21.3. The molecule has 7 heteroatoms. The maximum atomic E-state index is 12.1. The second-order valence-electron chi connectivity index (χ2n) is 7.05. The maximum Gasteiger partial charge on any atom is 1.00 e. The van der Waals surface area contributed by atoms with Gasteiger partial charge in [0.1, 0.15) is 11.5 Å². The fourth-order valence-electron chi connectivity index (χ4n) is 3.10. The van der Waals surface area contributed by atoms with Crippen LogP contribution < -0.4 is 61.2 Å². The van der Waals surface area contributed by atoms with Crippen LogP contribution in [0.3, 0.4) is 0 Å². The Morgan fingerprint density at radius 3 is 2.17 bits per heavy atom. The molecular weight excluding hydrogens is 415 g/mol. The SMILES string of the molecule is CCCCCCCCCCc1cc(Oc2cccc(S(=O)(=O)O)c2)ccc1[O-].[K+]. The van der Waals surface area contributed by atoms with Gasteiger partial charge in [-0.25, -0.2) is 0 Å². The Morgan fingerprint density at radius 2 is 1.52 bits per heavy atom. The average molecular weight is 445 g/mol. The fraction of sp³-hybridized carbons (Fsp3) is 0.455. The van der Waals surface area contributed by atoms with Gasteiger partial charge in [-0.15, -0.1) is 5.75 Å². The van der Waals surface area contributed by atoms with E-state index in [9.17, 15) is 13.5 Å². The summed E-state index contributed by atoms with van der Waals surface area (Å²) >= 11 is 0. The van der Waals surface area contributed by atoms with Crippen molar-refractivity contribution in [2.45, 2.75) is 69.6 Å². The Kier molecular flexibility index (Phi) is 12.7. The van der Waals surface area contributed by atoms with Crippen LogP contribution in [0.15, 0.2) is 47.4 Å². The topological polar surface area (TPSA) is 86.7 Å². The zero-order valence-electron chi connectivity index (χ0n) is 17.4. The van der Waals surface area contributed by atoms with Gasteiger partial charge in [0.15, 0.2) is 0 Å².